The average Bonchev–Trinajstić information content (AvgIpc) is 2.71. The first-order valence-corrected chi connectivity index (χ1v) is 10.9. The Hall–Kier alpha value is -0.620. The molecule has 2 fully saturated rings. The highest BCUT2D eigenvalue weighted by Gasteiger charge is 2.34. The fourth-order valence-corrected chi connectivity index (χ4v) is 4.96. The van der Waals surface area contributed by atoms with Crippen molar-refractivity contribution in [2.75, 3.05) is 26.2 Å². The molecule has 2 aromatic rings. The third-order valence-corrected chi connectivity index (χ3v) is 6.75. The number of nitrogens with zero attached hydrogens (tertiary/aromatic N) is 2. The monoisotopic (exact) mass is 500 g/mol. The Morgan fingerprint density at radius 3 is 2.14 bits per heavy atom. The van der Waals surface area contributed by atoms with Crippen LogP contribution in [0.2, 0.25) is 0 Å². The van der Waals surface area contributed by atoms with E-state index in [1.807, 2.05) is 0 Å². The molecule has 0 unspecified atom stereocenters. The van der Waals surface area contributed by atoms with E-state index in [0.29, 0.717) is 12.0 Å². The van der Waals surface area contributed by atoms with Gasteiger partial charge >= 0.3 is 0 Å². The van der Waals surface area contributed by atoms with E-state index in [9.17, 15) is 5.11 Å². The van der Waals surface area contributed by atoms with Crippen LogP contribution in [0.25, 0.3) is 0 Å². The predicted molar refractivity (Wildman–Crippen MR) is 128 cm³/mol. The minimum absolute atomic E-state index is 0. The molecule has 2 atom stereocenters. The number of β-amino-alcohol motifs (C(OH)–C–C–N with tert-alkyl or cyclic N) is 1. The van der Waals surface area contributed by atoms with Crippen molar-refractivity contribution in [3.8, 4) is 0 Å². The lowest BCUT2D eigenvalue weighted by Gasteiger charge is -2.44. The molecule has 29 heavy (non-hydrogen) atoms. The minimum Gasteiger partial charge on any atom is -0.390 e. The summed E-state index contributed by atoms with van der Waals surface area (Å²) < 4.78 is 1.11. The molecule has 4 rings (SSSR count). The van der Waals surface area contributed by atoms with Crippen LogP contribution in [0.4, 0.5) is 0 Å². The quantitative estimate of drug-likeness (QED) is 0.630. The number of benzene rings is 2. The number of aliphatic hydroxyl groups is 1. The van der Waals surface area contributed by atoms with E-state index in [-0.39, 0.29) is 30.9 Å². The van der Waals surface area contributed by atoms with E-state index in [0.717, 1.165) is 43.6 Å². The number of halogens is 3. The zero-order valence-corrected chi connectivity index (χ0v) is 19.8. The summed E-state index contributed by atoms with van der Waals surface area (Å²) in [7, 11) is 0. The molecule has 2 aromatic carbocycles. The van der Waals surface area contributed by atoms with Crippen molar-refractivity contribution < 1.29 is 5.11 Å². The molecule has 0 bridgehead atoms. The molecule has 0 aromatic heterocycles. The van der Waals surface area contributed by atoms with Gasteiger partial charge in [0, 0.05) is 30.1 Å². The standard InChI is InChI=1S/C23H29BrN2O.2ClH/c24-21-8-6-18(7-9-21)16-25-13-12-22(23(27)17-25)26-14-10-20(11-15-26)19-4-2-1-3-5-19;;/h1-9,20,22-23,27H,10-17H2;2*1H/t22-,23-;;/m1../s1. The first-order valence-electron chi connectivity index (χ1n) is 10.1. The van der Waals surface area contributed by atoms with Crippen LogP contribution in [0.1, 0.15) is 36.3 Å². The number of aliphatic hydroxyl groups excluding tert-OH is 1. The van der Waals surface area contributed by atoms with Gasteiger partial charge in [0.2, 0.25) is 0 Å². The minimum atomic E-state index is -0.248. The highest BCUT2D eigenvalue weighted by molar-refractivity contribution is 9.10. The third kappa shape index (κ3) is 6.43. The van der Waals surface area contributed by atoms with Crippen molar-refractivity contribution in [3.05, 3.63) is 70.2 Å². The first kappa shape index (κ1) is 24.6. The van der Waals surface area contributed by atoms with Crippen molar-refractivity contribution in [2.45, 2.75) is 43.9 Å². The van der Waals surface area contributed by atoms with Gasteiger partial charge in [-0.15, -0.1) is 24.8 Å². The molecular weight excluding hydrogens is 471 g/mol. The Morgan fingerprint density at radius 2 is 1.52 bits per heavy atom. The first-order chi connectivity index (χ1) is 13.2. The summed E-state index contributed by atoms with van der Waals surface area (Å²) in [5, 5.41) is 10.8. The molecule has 3 nitrogen and oxygen atoms in total. The normalized spacial score (nSPS) is 23.8. The number of hydrogen-bond donors (Lipinski definition) is 1. The van der Waals surface area contributed by atoms with Crippen LogP contribution in [-0.4, -0.2) is 53.2 Å². The second-order valence-electron chi connectivity index (χ2n) is 8.01. The summed E-state index contributed by atoms with van der Waals surface area (Å²) in [5.41, 5.74) is 2.79. The van der Waals surface area contributed by atoms with Crippen LogP contribution in [0.3, 0.4) is 0 Å². The SMILES string of the molecule is Cl.Cl.O[C@@H]1CN(Cc2ccc(Br)cc2)CC[C@H]1N1CCC(c2ccccc2)CC1. The highest BCUT2D eigenvalue weighted by Crippen LogP contribution is 2.30. The zero-order chi connectivity index (χ0) is 18.6. The van der Waals surface area contributed by atoms with Gasteiger partial charge in [-0.3, -0.25) is 9.80 Å². The second-order valence-corrected chi connectivity index (χ2v) is 8.92. The van der Waals surface area contributed by atoms with Gasteiger partial charge in [0.1, 0.15) is 0 Å². The van der Waals surface area contributed by atoms with E-state index < -0.39 is 0 Å². The van der Waals surface area contributed by atoms with Gasteiger partial charge in [0.25, 0.3) is 0 Å². The molecule has 2 aliphatic heterocycles. The third-order valence-electron chi connectivity index (χ3n) is 6.22. The maximum atomic E-state index is 10.8. The maximum Gasteiger partial charge on any atom is 0.0822 e. The van der Waals surface area contributed by atoms with Crippen molar-refractivity contribution >= 4 is 40.7 Å². The molecule has 160 valence electrons. The van der Waals surface area contributed by atoms with Crippen molar-refractivity contribution in [1.82, 2.24) is 9.80 Å². The van der Waals surface area contributed by atoms with E-state index in [4.69, 9.17) is 0 Å². The number of rotatable bonds is 4. The van der Waals surface area contributed by atoms with Gasteiger partial charge in [-0.1, -0.05) is 58.4 Å². The van der Waals surface area contributed by atoms with Gasteiger partial charge < -0.3 is 5.11 Å². The molecule has 2 saturated heterocycles. The average molecular weight is 502 g/mol. The van der Waals surface area contributed by atoms with E-state index in [1.54, 1.807) is 0 Å². The van der Waals surface area contributed by atoms with Crippen molar-refractivity contribution in [1.29, 1.82) is 0 Å². The van der Waals surface area contributed by atoms with Gasteiger partial charge in [-0.05, 0) is 61.5 Å². The molecule has 6 heteroatoms. The lowest BCUT2D eigenvalue weighted by molar-refractivity contribution is -0.0231. The Morgan fingerprint density at radius 1 is 0.862 bits per heavy atom. The topological polar surface area (TPSA) is 26.7 Å². The van der Waals surface area contributed by atoms with E-state index in [2.05, 4.69) is 80.3 Å². The summed E-state index contributed by atoms with van der Waals surface area (Å²) in [5.74, 6) is 0.678. The van der Waals surface area contributed by atoms with E-state index >= 15 is 0 Å². The lowest BCUT2D eigenvalue weighted by atomic mass is 9.87. The number of piperidine rings is 2. The molecule has 2 heterocycles. The summed E-state index contributed by atoms with van der Waals surface area (Å²) >= 11 is 3.49. The van der Waals surface area contributed by atoms with Gasteiger partial charge in [0.05, 0.1) is 6.10 Å². The summed E-state index contributed by atoms with van der Waals surface area (Å²) in [6.07, 6.45) is 3.22. The van der Waals surface area contributed by atoms with Crippen LogP contribution in [-0.2, 0) is 6.54 Å². The highest BCUT2D eigenvalue weighted by atomic mass is 79.9. The van der Waals surface area contributed by atoms with Crippen LogP contribution in [0.15, 0.2) is 59.1 Å². The zero-order valence-electron chi connectivity index (χ0n) is 16.6. The summed E-state index contributed by atoms with van der Waals surface area (Å²) in [6.45, 7) is 4.98. The van der Waals surface area contributed by atoms with Crippen molar-refractivity contribution in [3.63, 3.8) is 0 Å². The molecule has 0 amide bonds. The lowest BCUT2D eigenvalue weighted by Crippen LogP contribution is -2.55. The fraction of sp³-hybridized carbons (Fsp3) is 0.478. The molecule has 1 N–H and O–H groups in total. The largest absolute Gasteiger partial charge is 0.390 e. The smallest absolute Gasteiger partial charge is 0.0822 e. The van der Waals surface area contributed by atoms with Gasteiger partial charge in [-0.2, -0.15) is 0 Å². The van der Waals surface area contributed by atoms with Crippen molar-refractivity contribution in [2.24, 2.45) is 0 Å². The Kier molecular flexibility index (Phi) is 9.93. The Labute approximate surface area is 195 Å². The summed E-state index contributed by atoms with van der Waals surface area (Å²) in [6, 6.07) is 19.7. The Bertz CT molecular complexity index is 723. The second kappa shape index (κ2) is 11.7. The summed E-state index contributed by atoms with van der Waals surface area (Å²) in [4.78, 5) is 4.93. The number of hydrogen-bond acceptors (Lipinski definition) is 3. The maximum absolute atomic E-state index is 10.8. The van der Waals surface area contributed by atoms with E-state index in [1.165, 1.54) is 24.0 Å². The molecular formula is C23H31BrCl2N2O. The molecule has 0 radical (unpaired) electrons. The number of likely N-dealkylation sites (tertiary alicyclic amines) is 2. The Balaban J connectivity index is 0.00000150. The predicted octanol–water partition coefficient (Wildman–Crippen LogP) is 5.11. The molecule has 0 aliphatic carbocycles. The molecule has 0 saturated carbocycles. The molecule has 2 aliphatic rings. The van der Waals surface area contributed by atoms with Gasteiger partial charge in [-0.25, -0.2) is 0 Å². The molecule has 0 spiro atoms. The van der Waals surface area contributed by atoms with Crippen LogP contribution < -0.4 is 0 Å². The van der Waals surface area contributed by atoms with Crippen LogP contribution in [0, 0.1) is 0 Å². The van der Waals surface area contributed by atoms with Crippen LogP contribution in [0.5, 0.6) is 0 Å². The van der Waals surface area contributed by atoms with Gasteiger partial charge in [0.15, 0.2) is 0 Å². The fourth-order valence-electron chi connectivity index (χ4n) is 4.69. The van der Waals surface area contributed by atoms with Crippen LogP contribution >= 0.6 is 40.7 Å².